The van der Waals surface area contributed by atoms with E-state index in [2.05, 4.69) is 62.2 Å². The van der Waals surface area contributed by atoms with E-state index in [9.17, 15) is 0 Å². The predicted octanol–water partition coefficient (Wildman–Crippen LogP) is 5.15. The molecule has 0 bridgehead atoms. The molecule has 1 N–H and O–H groups in total. The molecule has 1 heterocycles. The minimum Gasteiger partial charge on any atom is -0.508 e. The van der Waals surface area contributed by atoms with Crippen molar-refractivity contribution in [2.24, 2.45) is 0 Å². The van der Waals surface area contributed by atoms with Gasteiger partial charge in [0, 0.05) is 13.7 Å². The van der Waals surface area contributed by atoms with Crippen LogP contribution in [0.15, 0.2) is 48.5 Å². The highest BCUT2D eigenvalue weighted by Gasteiger charge is 2.10. The van der Waals surface area contributed by atoms with Gasteiger partial charge in [0.25, 0.3) is 0 Å². The fraction of sp³-hybridized carbons (Fsp3) is 0.368. The molecule has 130 valence electrons. The molecular weight excluding hydrogens is 528 g/mol. The van der Waals surface area contributed by atoms with Crippen LogP contribution in [-0.2, 0) is 0 Å². The maximum atomic E-state index is 8.75. The van der Waals surface area contributed by atoms with Crippen LogP contribution in [0.2, 0.25) is 0 Å². The number of hydrogen-bond donors (Lipinski definition) is 1. The Bertz CT molecular complexity index is 560. The smallest absolute Gasteiger partial charge is 0.119 e. The standard InChI is InChI=1S/C13H18INO.C6H5IO/c14-12-4-6-13(7-5-12)16-11-3-10-15-8-1-2-9-15;7-5-1-3-6(8)4-2-5/h4-7H,1-3,8-11H2;1-4,8H. The Hall–Kier alpha value is -0.540. The molecule has 0 radical (unpaired) electrons. The molecule has 3 rings (SSSR count). The summed E-state index contributed by atoms with van der Waals surface area (Å²) in [7, 11) is 0. The minimum atomic E-state index is 0.324. The molecule has 1 saturated heterocycles. The Morgan fingerprint density at radius 2 is 1.42 bits per heavy atom. The van der Waals surface area contributed by atoms with Crippen molar-refractivity contribution < 1.29 is 9.84 Å². The van der Waals surface area contributed by atoms with Gasteiger partial charge in [0.1, 0.15) is 11.5 Å². The molecule has 5 heteroatoms. The van der Waals surface area contributed by atoms with Crippen molar-refractivity contribution >= 4 is 45.2 Å². The van der Waals surface area contributed by atoms with E-state index in [1.165, 1.54) is 36.0 Å². The van der Waals surface area contributed by atoms with Crippen LogP contribution in [0.1, 0.15) is 19.3 Å². The van der Waals surface area contributed by atoms with E-state index in [-0.39, 0.29) is 0 Å². The van der Waals surface area contributed by atoms with Crippen LogP contribution in [-0.4, -0.2) is 36.2 Å². The molecule has 0 aromatic heterocycles. The SMILES string of the molecule is Ic1ccc(OCCCN2CCCC2)cc1.Oc1ccc(I)cc1. The van der Waals surface area contributed by atoms with Crippen LogP contribution in [0, 0.1) is 7.14 Å². The summed E-state index contributed by atoms with van der Waals surface area (Å²) in [6, 6.07) is 15.3. The van der Waals surface area contributed by atoms with Gasteiger partial charge >= 0.3 is 0 Å². The molecule has 0 amide bonds. The number of benzene rings is 2. The zero-order valence-electron chi connectivity index (χ0n) is 13.6. The number of ether oxygens (including phenoxy) is 1. The Kier molecular flexibility index (Phi) is 9.19. The van der Waals surface area contributed by atoms with E-state index in [1.807, 2.05) is 24.3 Å². The van der Waals surface area contributed by atoms with Crippen LogP contribution in [0.25, 0.3) is 0 Å². The van der Waals surface area contributed by atoms with Crippen LogP contribution < -0.4 is 4.74 Å². The molecule has 0 unspecified atom stereocenters. The summed E-state index contributed by atoms with van der Waals surface area (Å²) in [5.74, 6) is 1.31. The van der Waals surface area contributed by atoms with Gasteiger partial charge in [0.2, 0.25) is 0 Å². The van der Waals surface area contributed by atoms with Crippen molar-refractivity contribution in [2.45, 2.75) is 19.3 Å². The fourth-order valence-electron chi connectivity index (χ4n) is 2.46. The van der Waals surface area contributed by atoms with Crippen LogP contribution in [0.3, 0.4) is 0 Å². The Balaban J connectivity index is 0.000000219. The van der Waals surface area contributed by atoms with E-state index in [4.69, 9.17) is 9.84 Å². The summed E-state index contributed by atoms with van der Waals surface area (Å²) in [5, 5.41) is 8.75. The van der Waals surface area contributed by atoms with E-state index in [0.29, 0.717) is 5.75 Å². The van der Waals surface area contributed by atoms with E-state index < -0.39 is 0 Å². The van der Waals surface area contributed by atoms with Gasteiger partial charge in [0.05, 0.1) is 6.61 Å². The zero-order valence-corrected chi connectivity index (χ0v) is 17.9. The largest absolute Gasteiger partial charge is 0.508 e. The van der Waals surface area contributed by atoms with Gasteiger partial charge in [-0.2, -0.15) is 0 Å². The van der Waals surface area contributed by atoms with E-state index >= 15 is 0 Å². The second-order valence-electron chi connectivity index (χ2n) is 5.68. The van der Waals surface area contributed by atoms with Gasteiger partial charge in [-0.25, -0.2) is 0 Å². The number of hydrogen-bond acceptors (Lipinski definition) is 3. The average molecular weight is 551 g/mol. The third-order valence-corrected chi connectivity index (χ3v) is 5.16. The summed E-state index contributed by atoms with van der Waals surface area (Å²) in [4.78, 5) is 2.53. The maximum Gasteiger partial charge on any atom is 0.119 e. The third-order valence-electron chi connectivity index (χ3n) is 3.73. The molecule has 0 aliphatic carbocycles. The van der Waals surface area contributed by atoms with Gasteiger partial charge in [-0.15, -0.1) is 0 Å². The number of phenols is 1. The van der Waals surface area contributed by atoms with Gasteiger partial charge in [-0.3, -0.25) is 0 Å². The minimum absolute atomic E-state index is 0.324. The number of likely N-dealkylation sites (tertiary alicyclic amines) is 1. The summed E-state index contributed by atoms with van der Waals surface area (Å²) < 4.78 is 8.08. The number of rotatable bonds is 5. The molecule has 0 spiro atoms. The first-order valence-electron chi connectivity index (χ1n) is 8.19. The summed E-state index contributed by atoms with van der Waals surface area (Å²) in [6.45, 7) is 4.58. The zero-order chi connectivity index (χ0) is 17.2. The quantitative estimate of drug-likeness (QED) is 0.413. The molecule has 2 aromatic carbocycles. The van der Waals surface area contributed by atoms with Crippen LogP contribution in [0.4, 0.5) is 0 Å². The first kappa shape index (κ1) is 19.8. The van der Waals surface area contributed by atoms with Crippen molar-refractivity contribution in [1.82, 2.24) is 4.90 Å². The van der Waals surface area contributed by atoms with Crippen molar-refractivity contribution in [3.8, 4) is 11.5 Å². The number of phenolic OH excluding ortho intramolecular Hbond substituents is 1. The maximum absolute atomic E-state index is 8.75. The van der Waals surface area contributed by atoms with Crippen molar-refractivity contribution in [1.29, 1.82) is 0 Å². The molecule has 2 aromatic rings. The molecular formula is C19H23I2NO2. The van der Waals surface area contributed by atoms with Crippen LogP contribution in [0.5, 0.6) is 11.5 Å². The summed E-state index contributed by atoms with van der Waals surface area (Å²) in [6.07, 6.45) is 3.88. The monoisotopic (exact) mass is 551 g/mol. The Morgan fingerprint density at radius 1 is 0.875 bits per heavy atom. The molecule has 1 aliphatic heterocycles. The predicted molar refractivity (Wildman–Crippen MR) is 116 cm³/mol. The highest BCUT2D eigenvalue weighted by atomic mass is 127. The average Bonchev–Trinajstić information content (AvgIpc) is 3.10. The van der Waals surface area contributed by atoms with E-state index in [0.717, 1.165) is 22.3 Å². The molecule has 0 saturated carbocycles. The fourth-order valence-corrected chi connectivity index (χ4v) is 3.18. The van der Waals surface area contributed by atoms with Crippen LogP contribution >= 0.6 is 45.2 Å². The Labute approximate surface area is 171 Å². The lowest BCUT2D eigenvalue weighted by atomic mass is 10.3. The molecule has 1 fully saturated rings. The Morgan fingerprint density at radius 3 is 1.96 bits per heavy atom. The summed E-state index contributed by atoms with van der Waals surface area (Å²) in [5.41, 5.74) is 0. The van der Waals surface area contributed by atoms with Crippen molar-refractivity contribution in [3.63, 3.8) is 0 Å². The van der Waals surface area contributed by atoms with Gasteiger partial charge in [0.15, 0.2) is 0 Å². The second kappa shape index (κ2) is 11.1. The lowest BCUT2D eigenvalue weighted by Crippen LogP contribution is -2.21. The first-order chi connectivity index (χ1) is 11.6. The molecule has 1 aliphatic rings. The van der Waals surface area contributed by atoms with Gasteiger partial charge in [-0.05, 0) is 126 Å². The topological polar surface area (TPSA) is 32.7 Å². The number of nitrogens with zero attached hydrogens (tertiary/aromatic N) is 1. The lowest BCUT2D eigenvalue weighted by molar-refractivity contribution is 0.263. The molecule has 24 heavy (non-hydrogen) atoms. The van der Waals surface area contributed by atoms with Gasteiger partial charge < -0.3 is 14.7 Å². The summed E-state index contributed by atoms with van der Waals surface area (Å²) >= 11 is 4.49. The number of halogens is 2. The second-order valence-corrected chi connectivity index (χ2v) is 8.17. The normalized spacial score (nSPS) is 14.1. The first-order valence-corrected chi connectivity index (χ1v) is 10.3. The third kappa shape index (κ3) is 8.02. The van der Waals surface area contributed by atoms with Gasteiger partial charge in [-0.1, -0.05) is 0 Å². The molecule has 3 nitrogen and oxygen atoms in total. The number of aromatic hydroxyl groups is 1. The van der Waals surface area contributed by atoms with Crippen molar-refractivity contribution in [3.05, 3.63) is 55.7 Å². The van der Waals surface area contributed by atoms with Crippen molar-refractivity contribution in [2.75, 3.05) is 26.2 Å². The van der Waals surface area contributed by atoms with E-state index in [1.54, 1.807) is 12.1 Å². The lowest BCUT2D eigenvalue weighted by Gasteiger charge is -2.14. The highest BCUT2D eigenvalue weighted by Crippen LogP contribution is 2.14. The molecule has 0 atom stereocenters. The highest BCUT2D eigenvalue weighted by molar-refractivity contribution is 14.1.